The average molecular weight is 249 g/mol. The number of carbonyl (C=O) groups is 1. The Kier molecular flexibility index (Phi) is 4.04. The first-order valence-corrected chi connectivity index (χ1v) is 6.14. The van der Waals surface area contributed by atoms with Crippen LogP contribution in [0.1, 0.15) is 18.0 Å². The summed E-state index contributed by atoms with van der Waals surface area (Å²) in [5.41, 5.74) is 6.67. The summed E-state index contributed by atoms with van der Waals surface area (Å²) in [5, 5.41) is 2.85. The van der Waals surface area contributed by atoms with Crippen molar-refractivity contribution in [3.8, 4) is 5.75 Å². The van der Waals surface area contributed by atoms with Crippen molar-refractivity contribution in [2.75, 3.05) is 26.7 Å². The molecule has 0 spiro atoms. The van der Waals surface area contributed by atoms with E-state index in [-0.39, 0.29) is 12.1 Å². The molecule has 1 aliphatic heterocycles. The van der Waals surface area contributed by atoms with Gasteiger partial charge in [0.05, 0.1) is 13.2 Å². The molecular formula is C13H19N3O2. The number of hydrogen-bond acceptors (Lipinski definition) is 3. The normalized spacial score (nSPS) is 19.6. The number of urea groups is 1. The van der Waals surface area contributed by atoms with E-state index in [9.17, 15) is 4.79 Å². The average Bonchev–Trinajstić information content (AvgIpc) is 2.41. The smallest absolute Gasteiger partial charge is 0.317 e. The molecule has 2 amide bonds. The molecular weight excluding hydrogens is 230 g/mol. The van der Waals surface area contributed by atoms with Crippen LogP contribution in [0, 0.1) is 0 Å². The summed E-state index contributed by atoms with van der Waals surface area (Å²) in [4.78, 5) is 13.6. The van der Waals surface area contributed by atoms with Crippen LogP contribution in [0.4, 0.5) is 4.79 Å². The van der Waals surface area contributed by atoms with Gasteiger partial charge in [0.1, 0.15) is 5.75 Å². The van der Waals surface area contributed by atoms with E-state index in [1.807, 2.05) is 24.3 Å². The van der Waals surface area contributed by atoms with Crippen LogP contribution < -0.4 is 15.8 Å². The van der Waals surface area contributed by atoms with Crippen molar-refractivity contribution in [1.82, 2.24) is 10.2 Å². The van der Waals surface area contributed by atoms with Gasteiger partial charge >= 0.3 is 6.03 Å². The first-order valence-electron chi connectivity index (χ1n) is 6.14. The summed E-state index contributed by atoms with van der Waals surface area (Å²) < 4.78 is 5.22. The fraction of sp³-hybridized carbons (Fsp3) is 0.462. The first kappa shape index (κ1) is 12.7. The second-order valence-corrected chi connectivity index (χ2v) is 4.30. The van der Waals surface area contributed by atoms with Crippen LogP contribution in [-0.4, -0.2) is 37.7 Å². The Hall–Kier alpha value is -1.75. The molecule has 18 heavy (non-hydrogen) atoms. The largest absolute Gasteiger partial charge is 0.497 e. The van der Waals surface area contributed by atoms with E-state index in [1.54, 1.807) is 12.0 Å². The van der Waals surface area contributed by atoms with Gasteiger partial charge in [-0.3, -0.25) is 0 Å². The lowest BCUT2D eigenvalue weighted by molar-refractivity contribution is 0.156. The molecule has 1 heterocycles. The minimum absolute atomic E-state index is 0.0421. The van der Waals surface area contributed by atoms with Crippen molar-refractivity contribution in [2.45, 2.75) is 12.5 Å². The van der Waals surface area contributed by atoms with Crippen molar-refractivity contribution in [3.63, 3.8) is 0 Å². The summed E-state index contributed by atoms with van der Waals surface area (Å²) in [6.07, 6.45) is 0.888. The minimum atomic E-state index is -0.0421. The number of nitrogens with one attached hydrogen (secondary N) is 1. The van der Waals surface area contributed by atoms with Gasteiger partial charge in [0.25, 0.3) is 0 Å². The summed E-state index contributed by atoms with van der Waals surface area (Å²) in [7, 11) is 1.64. The van der Waals surface area contributed by atoms with Gasteiger partial charge in [-0.1, -0.05) is 12.1 Å². The van der Waals surface area contributed by atoms with E-state index in [4.69, 9.17) is 10.5 Å². The fourth-order valence-electron chi connectivity index (χ4n) is 2.31. The third kappa shape index (κ3) is 2.56. The molecule has 0 aromatic heterocycles. The van der Waals surface area contributed by atoms with Crippen LogP contribution in [-0.2, 0) is 0 Å². The molecule has 3 N–H and O–H groups in total. The molecule has 0 saturated carbocycles. The molecule has 0 bridgehead atoms. The molecule has 2 rings (SSSR count). The quantitative estimate of drug-likeness (QED) is 0.840. The van der Waals surface area contributed by atoms with Crippen LogP contribution in [0.5, 0.6) is 5.75 Å². The van der Waals surface area contributed by atoms with E-state index in [1.165, 1.54) is 0 Å². The van der Waals surface area contributed by atoms with E-state index in [0.29, 0.717) is 19.6 Å². The van der Waals surface area contributed by atoms with Crippen molar-refractivity contribution in [2.24, 2.45) is 5.73 Å². The van der Waals surface area contributed by atoms with Crippen molar-refractivity contribution >= 4 is 6.03 Å². The molecule has 1 fully saturated rings. The molecule has 1 aromatic rings. The van der Waals surface area contributed by atoms with Crippen molar-refractivity contribution in [1.29, 1.82) is 0 Å². The molecule has 1 unspecified atom stereocenters. The predicted octanol–water partition coefficient (Wildman–Crippen LogP) is 1.11. The Bertz CT molecular complexity index is 422. The van der Waals surface area contributed by atoms with Gasteiger partial charge in [0.15, 0.2) is 0 Å². The van der Waals surface area contributed by atoms with E-state index in [0.717, 1.165) is 17.7 Å². The molecule has 5 nitrogen and oxygen atoms in total. The maximum atomic E-state index is 11.9. The number of methoxy groups -OCH3 is 1. The number of amides is 2. The number of benzene rings is 1. The van der Waals surface area contributed by atoms with Gasteiger partial charge in [0.2, 0.25) is 0 Å². The molecule has 1 aliphatic rings. The number of nitrogens with zero attached hydrogens (tertiary/aromatic N) is 1. The Morgan fingerprint density at radius 3 is 3.11 bits per heavy atom. The second-order valence-electron chi connectivity index (χ2n) is 4.30. The monoisotopic (exact) mass is 249 g/mol. The SMILES string of the molecule is COc1cccc(C2CCNC(=O)N2CCN)c1. The summed E-state index contributed by atoms with van der Waals surface area (Å²) in [6, 6.07) is 7.89. The lowest BCUT2D eigenvalue weighted by Crippen LogP contribution is -2.49. The Morgan fingerprint density at radius 2 is 2.39 bits per heavy atom. The lowest BCUT2D eigenvalue weighted by atomic mass is 10.00. The van der Waals surface area contributed by atoms with Crippen molar-refractivity contribution < 1.29 is 9.53 Å². The minimum Gasteiger partial charge on any atom is -0.497 e. The van der Waals surface area contributed by atoms with Crippen LogP contribution in [0.3, 0.4) is 0 Å². The van der Waals surface area contributed by atoms with Gasteiger partial charge in [-0.25, -0.2) is 4.79 Å². The van der Waals surface area contributed by atoms with Gasteiger partial charge in [0, 0.05) is 19.6 Å². The van der Waals surface area contributed by atoms with Gasteiger partial charge in [-0.2, -0.15) is 0 Å². The van der Waals surface area contributed by atoms with E-state index in [2.05, 4.69) is 5.32 Å². The van der Waals surface area contributed by atoms with Crippen LogP contribution in [0.2, 0.25) is 0 Å². The zero-order valence-corrected chi connectivity index (χ0v) is 10.6. The van der Waals surface area contributed by atoms with Gasteiger partial charge in [-0.05, 0) is 24.1 Å². The van der Waals surface area contributed by atoms with Crippen LogP contribution in [0.15, 0.2) is 24.3 Å². The second kappa shape index (κ2) is 5.73. The maximum Gasteiger partial charge on any atom is 0.317 e. The third-order valence-corrected chi connectivity index (χ3v) is 3.18. The number of carbonyl (C=O) groups excluding carboxylic acids is 1. The lowest BCUT2D eigenvalue weighted by Gasteiger charge is -2.36. The third-order valence-electron chi connectivity index (χ3n) is 3.18. The maximum absolute atomic E-state index is 11.9. The highest BCUT2D eigenvalue weighted by Crippen LogP contribution is 2.28. The highest BCUT2D eigenvalue weighted by atomic mass is 16.5. The zero-order chi connectivity index (χ0) is 13.0. The molecule has 1 saturated heterocycles. The topological polar surface area (TPSA) is 67.6 Å². The van der Waals surface area contributed by atoms with Gasteiger partial charge in [-0.15, -0.1) is 0 Å². The first-order chi connectivity index (χ1) is 8.76. The number of nitrogens with two attached hydrogens (primary N) is 1. The Balaban J connectivity index is 2.24. The Morgan fingerprint density at radius 1 is 1.56 bits per heavy atom. The van der Waals surface area contributed by atoms with Crippen LogP contribution in [0.25, 0.3) is 0 Å². The fourth-order valence-corrected chi connectivity index (χ4v) is 2.31. The standard InChI is InChI=1S/C13H19N3O2/c1-18-11-4-2-3-10(9-11)12-5-7-15-13(17)16(12)8-6-14/h2-4,9,12H,5-8,14H2,1H3,(H,15,17). The van der Waals surface area contributed by atoms with E-state index >= 15 is 0 Å². The zero-order valence-electron chi connectivity index (χ0n) is 10.6. The molecule has 0 radical (unpaired) electrons. The number of hydrogen-bond donors (Lipinski definition) is 2. The molecule has 98 valence electrons. The summed E-state index contributed by atoms with van der Waals surface area (Å²) in [5.74, 6) is 0.811. The summed E-state index contributed by atoms with van der Waals surface area (Å²) >= 11 is 0. The number of rotatable bonds is 4. The highest BCUT2D eigenvalue weighted by Gasteiger charge is 2.28. The highest BCUT2D eigenvalue weighted by molar-refractivity contribution is 5.75. The molecule has 5 heteroatoms. The number of ether oxygens (including phenoxy) is 1. The van der Waals surface area contributed by atoms with Gasteiger partial charge < -0.3 is 20.7 Å². The molecule has 1 aromatic carbocycles. The predicted molar refractivity (Wildman–Crippen MR) is 69.5 cm³/mol. The Labute approximate surface area is 107 Å². The van der Waals surface area contributed by atoms with Crippen molar-refractivity contribution in [3.05, 3.63) is 29.8 Å². The van der Waals surface area contributed by atoms with E-state index < -0.39 is 0 Å². The summed E-state index contributed by atoms with van der Waals surface area (Å²) in [6.45, 7) is 1.73. The molecule has 1 atom stereocenters. The van der Waals surface area contributed by atoms with Crippen LogP contribution >= 0.6 is 0 Å². The molecule has 0 aliphatic carbocycles.